The summed E-state index contributed by atoms with van der Waals surface area (Å²) in [4.78, 5) is 40.3. The molecule has 0 radical (unpaired) electrons. The van der Waals surface area contributed by atoms with E-state index in [2.05, 4.69) is 39.5 Å². The van der Waals surface area contributed by atoms with Gasteiger partial charge in [0.2, 0.25) is 0 Å². The van der Waals surface area contributed by atoms with Crippen LogP contribution in [-0.2, 0) is 38.1 Å². The quantitative estimate of drug-likeness (QED) is 0.221. The van der Waals surface area contributed by atoms with E-state index >= 15 is 0 Å². The molecule has 4 fully saturated rings. The smallest absolute Gasteiger partial charge is 0.334 e. The third-order valence-electron chi connectivity index (χ3n) is 11.8. The van der Waals surface area contributed by atoms with E-state index in [1.165, 1.54) is 13.8 Å². The van der Waals surface area contributed by atoms with Crippen LogP contribution in [0.5, 0.6) is 0 Å². The van der Waals surface area contributed by atoms with Gasteiger partial charge in [-0.15, -0.1) is 0 Å². The van der Waals surface area contributed by atoms with E-state index in [9.17, 15) is 14.4 Å². The number of carbonyl (C=O) groups excluding carboxylic acids is 3. The third-order valence-corrected chi connectivity index (χ3v) is 11.8. The molecule has 5 rings (SSSR count). The minimum atomic E-state index is -0.548. The molecule has 0 bridgehead atoms. The Morgan fingerprint density at radius 2 is 1.79 bits per heavy atom. The summed E-state index contributed by atoms with van der Waals surface area (Å²) in [7, 11) is 0. The molecule has 9 heteroatoms. The van der Waals surface area contributed by atoms with Crippen LogP contribution in [0.1, 0.15) is 80.6 Å². The monoisotopic (exact) mass is 589 g/mol. The van der Waals surface area contributed by atoms with E-state index in [4.69, 9.17) is 23.7 Å². The minimum absolute atomic E-state index is 0.0102. The summed E-state index contributed by atoms with van der Waals surface area (Å²) in [5, 5.41) is 0. The third kappa shape index (κ3) is 4.91. The van der Waals surface area contributed by atoms with Gasteiger partial charge in [0.1, 0.15) is 24.9 Å². The van der Waals surface area contributed by atoms with Crippen LogP contribution < -0.4 is 0 Å². The number of carbonyl (C=O) groups is 3. The van der Waals surface area contributed by atoms with Crippen molar-refractivity contribution in [2.45, 2.75) is 98.4 Å². The second-order valence-corrected chi connectivity index (χ2v) is 13.9. The normalized spacial score (nSPS) is 39.6. The fraction of sp³-hybridized carbons (Fsp3) is 0.848. The zero-order valence-electron chi connectivity index (χ0n) is 26.7. The van der Waals surface area contributed by atoms with Gasteiger partial charge in [0.25, 0.3) is 0 Å². The molecule has 42 heavy (non-hydrogen) atoms. The zero-order valence-corrected chi connectivity index (χ0v) is 26.7. The summed E-state index contributed by atoms with van der Waals surface area (Å²) in [6, 6.07) is 0. The van der Waals surface area contributed by atoms with Crippen molar-refractivity contribution in [2.24, 2.45) is 34.5 Å². The molecule has 8 unspecified atom stereocenters. The molecular weight excluding hydrogens is 538 g/mol. The Hall–Kier alpha value is -1.97. The van der Waals surface area contributed by atoms with E-state index < -0.39 is 5.60 Å². The number of fused-ring (bicyclic) bond motifs is 2. The average Bonchev–Trinajstić information content (AvgIpc) is 3.66. The lowest BCUT2D eigenvalue weighted by Crippen LogP contribution is -2.70. The number of epoxide rings is 1. The van der Waals surface area contributed by atoms with E-state index in [1.54, 1.807) is 0 Å². The van der Waals surface area contributed by atoms with Crippen LogP contribution in [0.4, 0.5) is 0 Å². The van der Waals surface area contributed by atoms with Crippen LogP contribution in [0.2, 0.25) is 0 Å². The van der Waals surface area contributed by atoms with Crippen molar-refractivity contribution in [3.8, 4) is 0 Å². The van der Waals surface area contributed by atoms with Crippen LogP contribution in [0.3, 0.4) is 0 Å². The molecule has 236 valence electrons. The molecule has 2 saturated heterocycles. The molecule has 2 heterocycles. The molecule has 9 nitrogen and oxygen atoms in total. The zero-order chi connectivity index (χ0) is 30.4. The summed E-state index contributed by atoms with van der Waals surface area (Å²) in [5.74, 6) is -0.0660. The van der Waals surface area contributed by atoms with Gasteiger partial charge in [-0.25, -0.2) is 4.79 Å². The summed E-state index contributed by atoms with van der Waals surface area (Å²) in [6.07, 6.45) is 3.48. The van der Waals surface area contributed by atoms with Crippen LogP contribution in [0.15, 0.2) is 11.1 Å². The molecule has 8 atom stereocenters. The van der Waals surface area contributed by atoms with Gasteiger partial charge in [-0.1, -0.05) is 34.6 Å². The van der Waals surface area contributed by atoms with Gasteiger partial charge in [-0.2, -0.15) is 0 Å². The van der Waals surface area contributed by atoms with Gasteiger partial charge in [0.05, 0.1) is 19.3 Å². The Labute approximate surface area is 251 Å². The standard InChI is InChI=1S/C33H51NO8/c1-8-32-21(4)17-25(20(2)3)29(41-23(6)36)33(32)28(42-33)18-27-26(19-40-22(5)35)24(9-10-31(27,32)7)30(37)39-16-13-34-11-14-38-15-12-34/h20-21,25,27-29H,8-19H2,1-7H3. The minimum Gasteiger partial charge on any atom is -0.461 e. The largest absolute Gasteiger partial charge is 0.461 e. The maximum absolute atomic E-state index is 13.6. The van der Waals surface area contributed by atoms with Crippen molar-refractivity contribution in [3.63, 3.8) is 0 Å². The van der Waals surface area contributed by atoms with Crippen molar-refractivity contribution in [1.82, 2.24) is 4.90 Å². The molecule has 0 aromatic rings. The Balaban J connectivity index is 1.49. The molecule has 5 aliphatic rings. The van der Waals surface area contributed by atoms with Crippen LogP contribution in [-0.4, -0.2) is 86.7 Å². The molecular formula is C33H51NO8. The Morgan fingerprint density at radius 1 is 1.07 bits per heavy atom. The topological polar surface area (TPSA) is 104 Å². The number of hydrogen-bond donors (Lipinski definition) is 0. The van der Waals surface area contributed by atoms with Gasteiger partial charge in [-0.05, 0) is 60.8 Å². The molecule has 0 N–H and O–H groups in total. The number of rotatable bonds is 9. The number of hydrogen-bond acceptors (Lipinski definition) is 9. The van der Waals surface area contributed by atoms with Crippen molar-refractivity contribution in [2.75, 3.05) is 46.1 Å². The second kappa shape index (κ2) is 11.8. The lowest BCUT2D eigenvalue weighted by atomic mass is 9.36. The highest BCUT2D eigenvalue weighted by Crippen LogP contribution is 2.78. The summed E-state index contributed by atoms with van der Waals surface area (Å²) in [5.41, 5.74) is 0.469. The highest BCUT2D eigenvalue weighted by atomic mass is 16.7. The fourth-order valence-electron chi connectivity index (χ4n) is 10.0. The van der Waals surface area contributed by atoms with Crippen molar-refractivity contribution < 1.29 is 38.1 Å². The van der Waals surface area contributed by atoms with Gasteiger partial charge in [0.15, 0.2) is 0 Å². The van der Waals surface area contributed by atoms with Gasteiger partial charge >= 0.3 is 17.9 Å². The first kappa shape index (κ1) is 31.5. The number of morpholine rings is 1. The number of ether oxygens (including phenoxy) is 5. The lowest BCUT2D eigenvalue weighted by molar-refractivity contribution is -0.217. The Bertz CT molecular complexity index is 1100. The molecule has 1 spiro atoms. The van der Waals surface area contributed by atoms with E-state index in [0.29, 0.717) is 56.6 Å². The van der Waals surface area contributed by atoms with E-state index in [0.717, 1.165) is 37.9 Å². The molecule has 2 aliphatic heterocycles. The van der Waals surface area contributed by atoms with Crippen LogP contribution in [0.25, 0.3) is 0 Å². The fourth-order valence-corrected chi connectivity index (χ4v) is 10.0. The highest BCUT2D eigenvalue weighted by Gasteiger charge is 2.84. The molecule has 0 aromatic carbocycles. The van der Waals surface area contributed by atoms with Gasteiger partial charge in [-0.3, -0.25) is 14.5 Å². The highest BCUT2D eigenvalue weighted by molar-refractivity contribution is 5.90. The Kier molecular flexibility index (Phi) is 8.87. The number of esters is 3. The van der Waals surface area contributed by atoms with Crippen LogP contribution in [0, 0.1) is 34.5 Å². The lowest BCUT2D eigenvalue weighted by Gasteiger charge is -2.66. The number of nitrogens with zero attached hydrogens (tertiary/aromatic N) is 1. The summed E-state index contributed by atoms with van der Waals surface area (Å²) < 4.78 is 29.9. The van der Waals surface area contributed by atoms with Crippen molar-refractivity contribution in [1.29, 1.82) is 0 Å². The van der Waals surface area contributed by atoms with E-state index in [-0.39, 0.29) is 59.4 Å². The maximum Gasteiger partial charge on any atom is 0.334 e. The van der Waals surface area contributed by atoms with Gasteiger partial charge < -0.3 is 23.7 Å². The molecule has 2 saturated carbocycles. The SMILES string of the molecule is CCC12C(C)CC(C(C)C)C(OC(C)=O)C13OC3CC1C(COC(C)=O)=C(C(=O)OCCN3CCOCC3)CCC12C. The first-order valence-electron chi connectivity index (χ1n) is 16.1. The molecule has 0 aromatic heterocycles. The second-order valence-electron chi connectivity index (χ2n) is 13.9. The molecule has 3 aliphatic carbocycles. The summed E-state index contributed by atoms with van der Waals surface area (Å²) in [6.45, 7) is 18.4. The van der Waals surface area contributed by atoms with E-state index in [1.807, 2.05) is 0 Å². The van der Waals surface area contributed by atoms with Crippen LogP contribution >= 0.6 is 0 Å². The first-order valence-corrected chi connectivity index (χ1v) is 16.1. The molecule has 0 amide bonds. The first-order chi connectivity index (χ1) is 19.9. The maximum atomic E-state index is 13.6. The predicted octanol–water partition coefficient (Wildman–Crippen LogP) is 4.32. The van der Waals surface area contributed by atoms with Crippen molar-refractivity contribution >= 4 is 17.9 Å². The van der Waals surface area contributed by atoms with Gasteiger partial charge in [0, 0.05) is 50.4 Å². The predicted molar refractivity (Wildman–Crippen MR) is 155 cm³/mol. The Morgan fingerprint density at radius 3 is 2.40 bits per heavy atom. The van der Waals surface area contributed by atoms with Crippen molar-refractivity contribution in [3.05, 3.63) is 11.1 Å². The average molecular weight is 590 g/mol. The summed E-state index contributed by atoms with van der Waals surface area (Å²) >= 11 is 0.